The topological polar surface area (TPSA) is 75.7 Å². The van der Waals surface area contributed by atoms with E-state index in [4.69, 9.17) is 4.74 Å². The van der Waals surface area contributed by atoms with Crippen molar-refractivity contribution in [3.05, 3.63) is 94.9 Å². The molecule has 0 saturated carbocycles. The van der Waals surface area contributed by atoms with E-state index in [2.05, 4.69) is 5.32 Å². The van der Waals surface area contributed by atoms with E-state index in [-0.39, 0.29) is 11.4 Å². The number of hydrogen-bond acceptors (Lipinski definition) is 5. The van der Waals surface area contributed by atoms with Crippen LogP contribution in [0.4, 0.5) is 10.5 Å². The van der Waals surface area contributed by atoms with E-state index in [1.807, 2.05) is 67.6 Å². The van der Waals surface area contributed by atoms with Crippen molar-refractivity contribution >= 4 is 40.6 Å². The van der Waals surface area contributed by atoms with Gasteiger partial charge in [0.15, 0.2) is 0 Å². The van der Waals surface area contributed by atoms with Gasteiger partial charge >= 0.3 is 0 Å². The van der Waals surface area contributed by atoms with Crippen molar-refractivity contribution in [2.75, 3.05) is 11.9 Å². The molecule has 1 heterocycles. The number of ether oxygens (including phenoxy) is 1. The molecule has 0 aromatic heterocycles. The second kappa shape index (κ2) is 9.53. The van der Waals surface area contributed by atoms with Crippen LogP contribution in [-0.4, -0.2) is 28.5 Å². The third kappa shape index (κ3) is 5.25. The summed E-state index contributed by atoms with van der Waals surface area (Å²) in [4.78, 5) is 38.6. The Morgan fingerprint density at radius 3 is 2.44 bits per heavy atom. The lowest BCUT2D eigenvalue weighted by molar-refractivity contribution is -0.127. The van der Waals surface area contributed by atoms with Gasteiger partial charge in [-0.15, -0.1) is 0 Å². The number of para-hydroxylation sites is 1. The minimum Gasteiger partial charge on any atom is -0.457 e. The average Bonchev–Trinajstić information content (AvgIpc) is 3.03. The van der Waals surface area contributed by atoms with E-state index >= 15 is 0 Å². The summed E-state index contributed by atoms with van der Waals surface area (Å²) in [5.41, 5.74) is 2.39. The molecular weight excluding hydrogens is 424 g/mol. The number of hydrogen-bond donors (Lipinski definition) is 1. The molecule has 32 heavy (non-hydrogen) atoms. The first kappa shape index (κ1) is 21.4. The average molecular weight is 445 g/mol. The highest BCUT2D eigenvalue weighted by Gasteiger charge is 2.36. The van der Waals surface area contributed by atoms with Crippen LogP contribution in [0.25, 0.3) is 6.08 Å². The van der Waals surface area contributed by atoms with Gasteiger partial charge in [-0.25, -0.2) is 0 Å². The summed E-state index contributed by atoms with van der Waals surface area (Å²) in [6.07, 6.45) is 1.63. The number of imide groups is 1. The standard InChI is InChI=1S/C25H20N2O4S/c1-17-10-12-19(13-11-17)26-23(28)16-27-24(29)22(32-25(27)30)15-18-6-5-9-21(14-18)31-20-7-3-2-4-8-20/h2-15H,16H2,1H3,(H,26,28)/b22-15-. The van der Waals surface area contributed by atoms with Gasteiger partial charge in [-0.05, 0) is 66.7 Å². The molecule has 160 valence electrons. The lowest BCUT2D eigenvalue weighted by Gasteiger charge is -2.12. The maximum absolute atomic E-state index is 12.7. The fourth-order valence-corrected chi connectivity index (χ4v) is 3.90. The largest absolute Gasteiger partial charge is 0.457 e. The molecule has 0 radical (unpaired) electrons. The Morgan fingerprint density at radius 1 is 0.969 bits per heavy atom. The molecule has 3 aromatic rings. The van der Waals surface area contributed by atoms with Gasteiger partial charge in [-0.3, -0.25) is 19.3 Å². The molecule has 6 nitrogen and oxygen atoms in total. The highest BCUT2D eigenvalue weighted by Crippen LogP contribution is 2.33. The molecule has 1 aliphatic heterocycles. The fourth-order valence-electron chi connectivity index (χ4n) is 3.06. The zero-order chi connectivity index (χ0) is 22.5. The number of carbonyl (C=O) groups is 3. The first-order chi connectivity index (χ1) is 15.5. The summed E-state index contributed by atoms with van der Waals surface area (Å²) in [5, 5.41) is 2.23. The molecular formula is C25H20N2O4S. The van der Waals surface area contributed by atoms with Crippen LogP contribution >= 0.6 is 11.8 Å². The van der Waals surface area contributed by atoms with Crippen molar-refractivity contribution in [3.63, 3.8) is 0 Å². The Morgan fingerprint density at radius 2 is 1.69 bits per heavy atom. The maximum Gasteiger partial charge on any atom is 0.294 e. The number of amides is 3. The van der Waals surface area contributed by atoms with E-state index in [0.29, 0.717) is 22.7 Å². The third-order valence-electron chi connectivity index (χ3n) is 4.65. The van der Waals surface area contributed by atoms with Crippen LogP contribution in [0.3, 0.4) is 0 Å². The van der Waals surface area contributed by atoms with Gasteiger partial charge < -0.3 is 10.1 Å². The lowest BCUT2D eigenvalue weighted by atomic mass is 10.2. The predicted molar refractivity (Wildman–Crippen MR) is 125 cm³/mol. The summed E-state index contributed by atoms with van der Waals surface area (Å²) in [5.74, 6) is 0.385. The zero-order valence-electron chi connectivity index (χ0n) is 17.3. The minimum absolute atomic E-state index is 0.259. The second-order valence-corrected chi connectivity index (χ2v) is 8.16. The Kier molecular flexibility index (Phi) is 6.37. The molecule has 4 rings (SSSR count). The van der Waals surface area contributed by atoms with Crippen LogP contribution in [0.15, 0.2) is 83.8 Å². The Hall–Kier alpha value is -3.84. The fraction of sp³-hybridized carbons (Fsp3) is 0.0800. The van der Waals surface area contributed by atoms with Crippen molar-refractivity contribution in [1.82, 2.24) is 4.90 Å². The van der Waals surface area contributed by atoms with Crippen LogP contribution in [-0.2, 0) is 9.59 Å². The van der Waals surface area contributed by atoms with E-state index in [1.165, 1.54) is 0 Å². The minimum atomic E-state index is -0.492. The van der Waals surface area contributed by atoms with Crippen LogP contribution in [0.5, 0.6) is 11.5 Å². The first-order valence-corrected chi connectivity index (χ1v) is 10.7. The highest BCUT2D eigenvalue weighted by atomic mass is 32.2. The molecule has 1 fully saturated rings. The number of nitrogens with one attached hydrogen (secondary N) is 1. The van der Waals surface area contributed by atoms with Gasteiger partial charge in [-0.1, -0.05) is 48.0 Å². The van der Waals surface area contributed by atoms with E-state index in [9.17, 15) is 14.4 Å². The van der Waals surface area contributed by atoms with Gasteiger partial charge in [-0.2, -0.15) is 0 Å². The van der Waals surface area contributed by atoms with Crippen molar-refractivity contribution in [2.45, 2.75) is 6.92 Å². The molecule has 0 unspecified atom stereocenters. The summed E-state index contributed by atoms with van der Waals surface area (Å²) < 4.78 is 5.82. The highest BCUT2D eigenvalue weighted by molar-refractivity contribution is 8.18. The molecule has 0 bridgehead atoms. The molecule has 0 aliphatic carbocycles. The van der Waals surface area contributed by atoms with Gasteiger partial charge in [0.25, 0.3) is 11.1 Å². The van der Waals surface area contributed by atoms with E-state index in [1.54, 1.807) is 24.3 Å². The van der Waals surface area contributed by atoms with Gasteiger partial charge in [0, 0.05) is 5.69 Å². The number of thioether (sulfide) groups is 1. The summed E-state index contributed by atoms with van der Waals surface area (Å²) in [6.45, 7) is 1.61. The molecule has 0 spiro atoms. The Labute approximate surface area is 189 Å². The van der Waals surface area contributed by atoms with Crippen molar-refractivity contribution < 1.29 is 19.1 Å². The molecule has 0 atom stereocenters. The van der Waals surface area contributed by atoms with Gasteiger partial charge in [0.1, 0.15) is 18.0 Å². The Balaban J connectivity index is 1.43. The van der Waals surface area contributed by atoms with E-state index < -0.39 is 17.1 Å². The molecule has 1 aliphatic rings. The number of nitrogens with zero attached hydrogens (tertiary/aromatic N) is 1. The van der Waals surface area contributed by atoms with E-state index in [0.717, 1.165) is 22.2 Å². The quantitative estimate of drug-likeness (QED) is 0.511. The Bertz CT molecular complexity index is 1190. The predicted octanol–water partition coefficient (Wildman–Crippen LogP) is 5.46. The number of benzene rings is 3. The molecule has 3 aromatic carbocycles. The molecule has 1 N–H and O–H groups in total. The van der Waals surface area contributed by atoms with Crippen molar-refractivity contribution in [3.8, 4) is 11.5 Å². The maximum atomic E-state index is 12.7. The van der Waals surface area contributed by atoms with Crippen LogP contribution in [0, 0.1) is 6.92 Å². The second-order valence-electron chi connectivity index (χ2n) is 7.17. The van der Waals surface area contributed by atoms with Crippen molar-refractivity contribution in [1.29, 1.82) is 0 Å². The lowest BCUT2D eigenvalue weighted by Crippen LogP contribution is -2.36. The summed E-state index contributed by atoms with van der Waals surface area (Å²) in [7, 11) is 0. The van der Waals surface area contributed by atoms with Gasteiger partial charge in [0.2, 0.25) is 5.91 Å². The summed E-state index contributed by atoms with van der Waals surface area (Å²) in [6, 6.07) is 23.9. The van der Waals surface area contributed by atoms with Crippen molar-refractivity contribution in [2.24, 2.45) is 0 Å². The van der Waals surface area contributed by atoms with Crippen LogP contribution in [0.2, 0.25) is 0 Å². The summed E-state index contributed by atoms with van der Waals surface area (Å²) >= 11 is 0.814. The normalized spacial score (nSPS) is 14.7. The monoisotopic (exact) mass is 444 g/mol. The number of carbonyl (C=O) groups excluding carboxylic acids is 3. The molecule has 7 heteroatoms. The number of anilines is 1. The SMILES string of the molecule is Cc1ccc(NC(=O)CN2C(=O)S/C(=C\c3cccc(Oc4ccccc4)c3)C2=O)cc1. The molecule has 1 saturated heterocycles. The van der Waals surface area contributed by atoms with Crippen LogP contribution in [0.1, 0.15) is 11.1 Å². The molecule has 3 amide bonds. The number of aryl methyl sites for hydroxylation is 1. The zero-order valence-corrected chi connectivity index (χ0v) is 18.1. The number of rotatable bonds is 6. The first-order valence-electron chi connectivity index (χ1n) is 9.93. The third-order valence-corrected chi connectivity index (χ3v) is 5.55. The van der Waals surface area contributed by atoms with Crippen LogP contribution < -0.4 is 10.1 Å². The smallest absolute Gasteiger partial charge is 0.294 e. The van der Waals surface area contributed by atoms with Gasteiger partial charge in [0.05, 0.1) is 4.91 Å².